The number of hydrogen-bond acceptors (Lipinski definition) is 4. The van der Waals surface area contributed by atoms with Crippen LogP contribution in [0.4, 0.5) is 0 Å². The Labute approximate surface area is 186 Å². The first-order valence-electron chi connectivity index (χ1n) is 10.0. The predicted octanol–water partition coefficient (Wildman–Crippen LogP) is 3.68. The van der Waals surface area contributed by atoms with Crippen molar-refractivity contribution >= 4 is 29.9 Å². The fourth-order valence-corrected chi connectivity index (χ4v) is 3.93. The summed E-state index contributed by atoms with van der Waals surface area (Å²) >= 11 is 0. The summed E-state index contributed by atoms with van der Waals surface area (Å²) in [7, 11) is 5.60. The fraction of sp³-hybridized carbons (Fsp3) is 0.667. The van der Waals surface area contributed by atoms with Crippen molar-refractivity contribution in [3.63, 3.8) is 0 Å². The highest BCUT2D eigenvalue weighted by Crippen LogP contribution is 2.34. The van der Waals surface area contributed by atoms with E-state index in [1.807, 2.05) is 19.2 Å². The maximum atomic E-state index is 6.33. The molecule has 1 atom stereocenters. The average Bonchev–Trinajstić information content (AvgIpc) is 3.37. The number of methoxy groups -OCH3 is 1. The molecule has 1 saturated carbocycles. The van der Waals surface area contributed by atoms with Gasteiger partial charge >= 0.3 is 0 Å². The molecule has 3 rings (SSSR count). The van der Waals surface area contributed by atoms with E-state index in [0.29, 0.717) is 18.6 Å². The number of hydrogen-bond donors (Lipinski definition) is 1. The standard InChI is InChI=1S/C21H33N3O3.HI/c1-22-21(24(2)14-16-11-12-26-15-16)23-13-17-7-6-10-19(25-3)20(17)27-18-8-4-5-9-18;/h6-7,10,16,18H,4-5,8-9,11-15H2,1-3H3,(H,22,23);1H. The first-order valence-corrected chi connectivity index (χ1v) is 10.0. The van der Waals surface area contributed by atoms with Gasteiger partial charge in [0.15, 0.2) is 17.5 Å². The molecule has 1 aliphatic carbocycles. The van der Waals surface area contributed by atoms with E-state index in [9.17, 15) is 0 Å². The van der Waals surface area contributed by atoms with Crippen molar-refractivity contribution in [3.05, 3.63) is 23.8 Å². The predicted molar refractivity (Wildman–Crippen MR) is 123 cm³/mol. The number of rotatable bonds is 7. The lowest BCUT2D eigenvalue weighted by Gasteiger charge is -2.25. The van der Waals surface area contributed by atoms with Crippen LogP contribution in [0, 0.1) is 5.92 Å². The van der Waals surface area contributed by atoms with Crippen LogP contribution in [0.5, 0.6) is 11.5 Å². The highest BCUT2D eigenvalue weighted by atomic mass is 127. The third-order valence-corrected chi connectivity index (χ3v) is 5.43. The minimum Gasteiger partial charge on any atom is -0.493 e. The molecule has 2 fully saturated rings. The number of benzene rings is 1. The lowest BCUT2D eigenvalue weighted by Crippen LogP contribution is -2.41. The Morgan fingerprint density at radius 1 is 1.29 bits per heavy atom. The number of halogens is 1. The second kappa shape index (κ2) is 11.7. The Bertz CT molecular complexity index is 629. The van der Waals surface area contributed by atoms with Gasteiger partial charge in [0.25, 0.3) is 0 Å². The van der Waals surface area contributed by atoms with Crippen LogP contribution in [-0.2, 0) is 11.3 Å². The van der Waals surface area contributed by atoms with Crippen LogP contribution in [0.15, 0.2) is 23.2 Å². The number of guanidine groups is 1. The lowest BCUT2D eigenvalue weighted by atomic mass is 10.1. The maximum absolute atomic E-state index is 6.33. The van der Waals surface area contributed by atoms with Crippen LogP contribution in [0.1, 0.15) is 37.7 Å². The number of ether oxygens (including phenoxy) is 3. The van der Waals surface area contributed by atoms with Crippen LogP contribution < -0.4 is 14.8 Å². The van der Waals surface area contributed by atoms with Gasteiger partial charge in [-0.25, -0.2) is 0 Å². The zero-order chi connectivity index (χ0) is 19.1. The van der Waals surface area contributed by atoms with Crippen LogP contribution in [0.2, 0.25) is 0 Å². The summed E-state index contributed by atoms with van der Waals surface area (Å²) in [5.74, 6) is 3.12. The lowest BCUT2D eigenvalue weighted by molar-refractivity contribution is 0.181. The Kier molecular flexibility index (Phi) is 9.64. The molecule has 1 saturated heterocycles. The first kappa shape index (κ1) is 23.1. The number of para-hydroxylation sites is 1. The largest absolute Gasteiger partial charge is 0.493 e. The molecule has 1 aromatic carbocycles. The van der Waals surface area contributed by atoms with Gasteiger partial charge in [0.2, 0.25) is 0 Å². The van der Waals surface area contributed by atoms with Gasteiger partial charge in [-0.3, -0.25) is 4.99 Å². The molecule has 158 valence electrons. The highest BCUT2D eigenvalue weighted by molar-refractivity contribution is 14.0. The molecule has 0 spiro atoms. The molecule has 6 nitrogen and oxygen atoms in total. The molecule has 1 aliphatic heterocycles. The topological polar surface area (TPSA) is 55.3 Å². The smallest absolute Gasteiger partial charge is 0.193 e. The molecule has 28 heavy (non-hydrogen) atoms. The molecule has 0 radical (unpaired) electrons. The summed E-state index contributed by atoms with van der Waals surface area (Å²) < 4.78 is 17.4. The van der Waals surface area contributed by atoms with E-state index in [2.05, 4.69) is 28.3 Å². The SMILES string of the molecule is CN=C(NCc1cccc(OC)c1OC1CCCC1)N(C)CC1CCOC1.I. The number of aliphatic imine (C=N–C) groups is 1. The molecular weight excluding hydrogens is 469 g/mol. The Morgan fingerprint density at radius 3 is 2.71 bits per heavy atom. The maximum Gasteiger partial charge on any atom is 0.193 e. The normalized spacial score (nSPS) is 20.0. The van der Waals surface area contributed by atoms with Crippen molar-refractivity contribution in [2.24, 2.45) is 10.9 Å². The van der Waals surface area contributed by atoms with Crippen molar-refractivity contribution in [2.75, 3.05) is 41.0 Å². The van der Waals surface area contributed by atoms with Gasteiger partial charge in [-0.1, -0.05) is 12.1 Å². The monoisotopic (exact) mass is 503 g/mol. The highest BCUT2D eigenvalue weighted by Gasteiger charge is 2.22. The van der Waals surface area contributed by atoms with E-state index in [0.717, 1.165) is 62.0 Å². The molecule has 0 bridgehead atoms. The number of nitrogens with zero attached hydrogens (tertiary/aromatic N) is 2. The molecule has 0 aromatic heterocycles. The molecular formula is C21H34IN3O3. The van der Waals surface area contributed by atoms with Crippen molar-refractivity contribution < 1.29 is 14.2 Å². The minimum atomic E-state index is 0. The van der Waals surface area contributed by atoms with E-state index in [-0.39, 0.29) is 24.0 Å². The molecule has 2 aliphatic rings. The second-order valence-electron chi connectivity index (χ2n) is 7.48. The van der Waals surface area contributed by atoms with Crippen LogP contribution in [0.25, 0.3) is 0 Å². The summed E-state index contributed by atoms with van der Waals surface area (Å²) in [6.45, 7) is 3.31. The average molecular weight is 503 g/mol. The summed E-state index contributed by atoms with van der Waals surface area (Å²) in [4.78, 5) is 6.62. The zero-order valence-electron chi connectivity index (χ0n) is 17.3. The van der Waals surface area contributed by atoms with Crippen molar-refractivity contribution in [2.45, 2.75) is 44.8 Å². The summed E-state index contributed by atoms with van der Waals surface area (Å²) in [6, 6.07) is 6.08. The van der Waals surface area contributed by atoms with Gasteiger partial charge < -0.3 is 24.4 Å². The summed E-state index contributed by atoms with van der Waals surface area (Å²) in [5.41, 5.74) is 1.10. The molecule has 1 N–H and O–H groups in total. The third-order valence-electron chi connectivity index (χ3n) is 5.43. The number of nitrogens with one attached hydrogen (secondary N) is 1. The van der Waals surface area contributed by atoms with E-state index in [1.54, 1.807) is 7.11 Å². The summed E-state index contributed by atoms with van der Waals surface area (Å²) in [6.07, 6.45) is 6.16. The second-order valence-corrected chi connectivity index (χ2v) is 7.48. The van der Waals surface area contributed by atoms with Gasteiger partial charge in [-0.2, -0.15) is 0 Å². The van der Waals surface area contributed by atoms with Gasteiger partial charge in [0, 0.05) is 45.3 Å². The van der Waals surface area contributed by atoms with Gasteiger partial charge in [-0.05, 0) is 38.2 Å². The minimum absolute atomic E-state index is 0. The molecule has 1 aromatic rings. The van der Waals surface area contributed by atoms with E-state index >= 15 is 0 Å². The van der Waals surface area contributed by atoms with E-state index < -0.39 is 0 Å². The fourth-order valence-electron chi connectivity index (χ4n) is 3.93. The van der Waals surface area contributed by atoms with E-state index in [1.165, 1.54) is 12.8 Å². The van der Waals surface area contributed by atoms with Gasteiger partial charge in [0.1, 0.15) is 0 Å². The Hall–Kier alpha value is -1.22. The molecule has 1 unspecified atom stereocenters. The van der Waals surface area contributed by atoms with Crippen molar-refractivity contribution in [1.82, 2.24) is 10.2 Å². The van der Waals surface area contributed by atoms with Gasteiger partial charge in [-0.15, -0.1) is 24.0 Å². The van der Waals surface area contributed by atoms with Crippen molar-refractivity contribution in [3.8, 4) is 11.5 Å². The quantitative estimate of drug-likeness (QED) is 0.350. The Morgan fingerprint density at radius 2 is 2.07 bits per heavy atom. The molecule has 0 amide bonds. The molecule has 1 heterocycles. The van der Waals surface area contributed by atoms with Crippen molar-refractivity contribution in [1.29, 1.82) is 0 Å². The van der Waals surface area contributed by atoms with Gasteiger partial charge in [0.05, 0.1) is 19.8 Å². The summed E-state index contributed by atoms with van der Waals surface area (Å²) in [5, 5.41) is 3.48. The van der Waals surface area contributed by atoms with Crippen LogP contribution in [0.3, 0.4) is 0 Å². The zero-order valence-corrected chi connectivity index (χ0v) is 19.6. The first-order chi connectivity index (χ1) is 13.2. The van der Waals surface area contributed by atoms with Crippen LogP contribution >= 0.6 is 24.0 Å². The molecule has 7 heteroatoms. The third kappa shape index (κ3) is 6.14. The van der Waals surface area contributed by atoms with E-state index in [4.69, 9.17) is 14.2 Å². The Balaban J connectivity index is 0.00000280. The van der Waals surface area contributed by atoms with Crippen LogP contribution in [-0.4, -0.2) is 57.9 Å².